The van der Waals surface area contributed by atoms with E-state index in [2.05, 4.69) is 28.2 Å². The van der Waals surface area contributed by atoms with Gasteiger partial charge in [-0.1, -0.05) is 83.3 Å². The molecule has 1 rings (SSSR count). The molecule has 0 aliphatic carbocycles. The van der Waals surface area contributed by atoms with Crippen LogP contribution in [-0.2, 0) is 4.79 Å². The zero-order valence-corrected chi connectivity index (χ0v) is 16.8. The second kappa shape index (κ2) is 10.7. The van der Waals surface area contributed by atoms with Gasteiger partial charge in [-0.05, 0) is 30.7 Å². The SMILES string of the molecule is CCCCCCCC(=O)N[C@@H](Oc1ccc(Br)cc1)C(Cl)(Cl)Cl. The van der Waals surface area contributed by atoms with Gasteiger partial charge in [0.1, 0.15) is 5.75 Å². The molecule has 1 N–H and O–H groups in total. The van der Waals surface area contributed by atoms with Crippen LogP contribution in [-0.4, -0.2) is 15.9 Å². The van der Waals surface area contributed by atoms with Crippen molar-refractivity contribution < 1.29 is 9.53 Å². The normalized spacial score (nSPS) is 12.7. The minimum atomic E-state index is -1.76. The van der Waals surface area contributed by atoms with Crippen molar-refractivity contribution in [3.63, 3.8) is 0 Å². The maximum absolute atomic E-state index is 12.0. The summed E-state index contributed by atoms with van der Waals surface area (Å²) in [5, 5.41) is 2.64. The van der Waals surface area contributed by atoms with E-state index in [1.54, 1.807) is 24.3 Å². The van der Waals surface area contributed by atoms with E-state index in [4.69, 9.17) is 39.5 Å². The molecule has 0 bridgehead atoms. The Hall–Kier alpha value is -0.160. The highest BCUT2D eigenvalue weighted by atomic mass is 79.9. The third kappa shape index (κ3) is 9.04. The lowest BCUT2D eigenvalue weighted by atomic mass is 10.1. The monoisotopic (exact) mass is 443 g/mol. The Morgan fingerprint density at radius 1 is 1.17 bits per heavy atom. The number of rotatable bonds is 9. The van der Waals surface area contributed by atoms with Gasteiger partial charge in [0.05, 0.1) is 0 Å². The number of nitrogens with one attached hydrogen (secondary N) is 1. The van der Waals surface area contributed by atoms with Crippen LogP contribution in [0.25, 0.3) is 0 Å². The number of alkyl halides is 3. The van der Waals surface area contributed by atoms with Gasteiger partial charge in [-0.3, -0.25) is 4.79 Å². The molecule has 0 radical (unpaired) electrons. The molecule has 0 aliphatic rings. The van der Waals surface area contributed by atoms with Crippen LogP contribution in [0.2, 0.25) is 0 Å². The van der Waals surface area contributed by atoms with Gasteiger partial charge in [-0.25, -0.2) is 0 Å². The highest BCUT2D eigenvalue weighted by molar-refractivity contribution is 9.10. The molecule has 23 heavy (non-hydrogen) atoms. The first-order chi connectivity index (χ1) is 10.8. The summed E-state index contributed by atoms with van der Waals surface area (Å²) >= 11 is 21.1. The fourth-order valence-corrected chi connectivity index (χ4v) is 2.50. The van der Waals surface area contributed by atoms with Crippen molar-refractivity contribution in [2.45, 2.75) is 55.5 Å². The van der Waals surface area contributed by atoms with Gasteiger partial charge in [-0.15, -0.1) is 0 Å². The van der Waals surface area contributed by atoms with E-state index in [0.717, 1.165) is 23.7 Å². The molecule has 1 amide bonds. The molecule has 130 valence electrons. The smallest absolute Gasteiger partial charge is 0.246 e. The Morgan fingerprint density at radius 3 is 2.35 bits per heavy atom. The fraction of sp³-hybridized carbons (Fsp3) is 0.562. The molecule has 7 heteroatoms. The van der Waals surface area contributed by atoms with Crippen molar-refractivity contribution in [2.24, 2.45) is 0 Å². The maximum Gasteiger partial charge on any atom is 0.246 e. The second-order valence-corrected chi connectivity index (χ2v) is 8.51. The van der Waals surface area contributed by atoms with E-state index >= 15 is 0 Å². The van der Waals surface area contributed by atoms with Crippen molar-refractivity contribution in [2.75, 3.05) is 0 Å². The first kappa shape index (κ1) is 20.9. The Morgan fingerprint density at radius 2 is 1.78 bits per heavy atom. The Kier molecular flexibility index (Phi) is 9.67. The van der Waals surface area contributed by atoms with Crippen LogP contribution >= 0.6 is 50.7 Å². The number of carbonyl (C=O) groups excluding carboxylic acids is 1. The van der Waals surface area contributed by atoms with Gasteiger partial charge < -0.3 is 10.1 Å². The van der Waals surface area contributed by atoms with E-state index in [1.165, 1.54) is 12.8 Å². The summed E-state index contributed by atoms with van der Waals surface area (Å²) < 4.78 is 4.75. The van der Waals surface area contributed by atoms with Crippen molar-refractivity contribution in [3.05, 3.63) is 28.7 Å². The molecular formula is C16H21BrCl3NO2. The van der Waals surface area contributed by atoms with Crippen LogP contribution in [0.3, 0.4) is 0 Å². The van der Waals surface area contributed by atoms with E-state index < -0.39 is 10.0 Å². The lowest BCUT2D eigenvalue weighted by molar-refractivity contribution is -0.123. The number of benzene rings is 1. The topological polar surface area (TPSA) is 38.3 Å². The quantitative estimate of drug-likeness (QED) is 0.288. The number of ether oxygens (including phenoxy) is 1. The largest absolute Gasteiger partial charge is 0.466 e. The van der Waals surface area contributed by atoms with Gasteiger partial charge in [-0.2, -0.15) is 0 Å². The highest BCUT2D eigenvalue weighted by Gasteiger charge is 2.36. The lowest BCUT2D eigenvalue weighted by Gasteiger charge is -2.26. The molecule has 1 aromatic rings. The number of hydrogen-bond donors (Lipinski definition) is 1. The average molecular weight is 446 g/mol. The summed E-state index contributed by atoms with van der Waals surface area (Å²) in [7, 11) is 0. The van der Waals surface area contributed by atoms with Crippen LogP contribution in [0.4, 0.5) is 0 Å². The van der Waals surface area contributed by atoms with Gasteiger partial charge in [0.2, 0.25) is 15.9 Å². The van der Waals surface area contributed by atoms with E-state index in [0.29, 0.717) is 12.2 Å². The first-order valence-electron chi connectivity index (χ1n) is 7.61. The number of halogens is 4. The zero-order valence-electron chi connectivity index (χ0n) is 13.0. The van der Waals surface area contributed by atoms with E-state index in [-0.39, 0.29) is 5.91 Å². The summed E-state index contributed by atoms with van der Waals surface area (Å²) in [4.78, 5) is 12.0. The second-order valence-electron chi connectivity index (χ2n) is 5.23. The summed E-state index contributed by atoms with van der Waals surface area (Å²) in [5.41, 5.74) is 0. The van der Waals surface area contributed by atoms with Crippen LogP contribution < -0.4 is 10.1 Å². The molecule has 3 nitrogen and oxygen atoms in total. The van der Waals surface area contributed by atoms with Crippen LogP contribution in [0.1, 0.15) is 45.4 Å². The van der Waals surface area contributed by atoms with E-state index in [1.807, 2.05) is 0 Å². The zero-order chi connectivity index (χ0) is 17.3. The lowest BCUT2D eigenvalue weighted by Crippen LogP contribution is -2.47. The number of hydrogen-bond acceptors (Lipinski definition) is 2. The average Bonchev–Trinajstić information content (AvgIpc) is 2.47. The molecule has 1 aromatic carbocycles. The van der Waals surface area contributed by atoms with Crippen molar-refractivity contribution >= 4 is 56.6 Å². The summed E-state index contributed by atoms with van der Waals surface area (Å²) in [6.07, 6.45) is 4.67. The Labute approximate surface area is 161 Å². The van der Waals surface area contributed by atoms with Gasteiger partial charge in [0.25, 0.3) is 0 Å². The molecule has 0 saturated heterocycles. The third-order valence-corrected chi connectivity index (χ3v) is 4.29. The van der Waals surface area contributed by atoms with Gasteiger partial charge in [0.15, 0.2) is 0 Å². The molecular weight excluding hydrogens is 424 g/mol. The van der Waals surface area contributed by atoms with Crippen molar-refractivity contribution in [1.29, 1.82) is 0 Å². The first-order valence-corrected chi connectivity index (χ1v) is 9.54. The molecule has 0 unspecified atom stereocenters. The van der Waals surface area contributed by atoms with E-state index in [9.17, 15) is 4.79 Å². The minimum absolute atomic E-state index is 0.185. The number of unbranched alkanes of at least 4 members (excludes halogenated alkanes) is 4. The predicted octanol–water partition coefficient (Wildman–Crippen LogP) is 6.00. The van der Waals surface area contributed by atoms with Crippen molar-refractivity contribution in [3.8, 4) is 5.75 Å². The molecule has 1 atom stereocenters. The van der Waals surface area contributed by atoms with Crippen LogP contribution in [0.5, 0.6) is 5.75 Å². The van der Waals surface area contributed by atoms with Crippen molar-refractivity contribution in [1.82, 2.24) is 5.32 Å². The van der Waals surface area contributed by atoms with Gasteiger partial charge >= 0.3 is 0 Å². The number of carbonyl (C=O) groups is 1. The Balaban J connectivity index is 2.51. The maximum atomic E-state index is 12.0. The molecule has 0 fully saturated rings. The summed E-state index contributed by atoms with van der Waals surface area (Å²) in [5.74, 6) is 0.322. The molecule has 0 aromatic heterocycles. The molecule has 0 aliphatic heterocycles. The highest BCUT2D eigenvalue weighted by Crippen LogP contribution is 2.32. The summed E-state index contributed by atoms with van der Waals surface area (Å²) in [6, 6.07) is 7.06. The summed E-state index contributed by atoms with van der Waals surface area (Å²) in [6.45, 7) is 2.15. The third-order valence-electron chi connectivity index (χ3n) is 3.16. The fourth-order valence-electron chi connectivity index (χ4n) is 1.93. The molecule has 0 heterocycles. The Bertz CT molecular complexity index is 477. The predicted molar refractivity (Wildman–Crippen MR) is 100 cm³/mol. The molecule has 0 spiro atoms. The standard InChI is InChI=1S/C16H21BrCl3NO2/c1-2-3-4-5-6-7-14(22)21-15(16(18,19)20)23-13-10-8-12(17)9-11-13/h8-11,15H,2-7H2,1H3,(H,21,22)/t15-/m0/s1. The van der Waals surface area contributed by atoms with Gasteiger partial charge in [0, 0.05) is 10.9 Å². The van der Waals surface area contributed by atoms with Crippen LogP contribution in [0, 0.1) is 0 Å². The minimum Gasteiger partial charge on any atom is -0.466 e. The van der Waals surface area contributed by atoms with Crippen LogP contribution in [0.15, 0.2) is 28.7 Å². The molecule has 0 saturated carbocycles. The number of amides is 1.